The Morgan fingerprint density at radius 1 is 1.30 bits per heavy atom. The highest BCUT2D eigenvalue weighted by Gasteiger charge is 2.26. The molecule has 0 saturated carbocycles. The predicted octanol–water partition coefficient (Wildman–Crippen LogP) is 4.60. The number of pyridine rings is 1. The molecular formula is C21H17ClN2O2S. The highest BCUT2D eigenvalue weighted by atomic mass is 35.5. The van der Waals surface area contributed by atoms with E-state index in [1.807, 2.05) is 23.6 Å². The summed E-state index contributed by atoms with van der Waals surface area (Å²) in [5.74, 6) is 0.568. The number of thiophene rings is 1. The van der Waals surface area contributed by atoms with Crippen molar-refractivity contribution in [3.63, 3.8) is 0 Å². The number of fused-ring (bicyclic) bond motifs is 1. The fraction of sp³-hybridized carbons (Fsp3) is 0.143. The minimum Gasteiger partial charge on any atom is -0.486 e. The third-order valence-electron chi connectivity index (χ3n) is 4.34. The summed E-state index contributed by atoms with van der Waals surface area (Å²) in [6.45, 7) is 0.429. The molecule has 0 aliphatic carbocycles. The Labute approximate surface area is 166 Å². The van der Waals surface area contributed by atoms with Crippen molar-refractivity contribution < 1.29 is 9.53 Å². The lowest BCUT2D eigenvalue weighted by atomic mass is 10.0. The van der Waals surface area contributed by atoms with Crippen LogP contribution in [0.25, 0.3) is 17.2 Å². The van der Waals surface area contributed by atoms with E-state index in [4.69, 9.17) is 16.3 Å². The van der Waals surface area contributed by atoms with Crippen LogP contribution in [0.15, 0.2) is 59.6 Å². The van der Waals surface area contributed by atoms with Gasteiger partial charge in [-0.1, -0.05) is 11.6 Å². The number of hydrogen-bond donors (Lipinski definition) is 1. The van der Waals surface area contributed by atoms with Gasteiger partial charge in [0.05, 0.1) is 11.6 Å². The van der Waals surface area contributed by atoms with E-state index in [0.717, 1.165) is 34.4 Å². The molecule has 0 fully saturated rings. The highest BCUT2D eigenvalue weighted by Crippen LogP contribution is 2.39. The first-order chi connectivity index (χ1) is 13.2. The minimum atomic E-state index is -0.156. The summed E-state index contributed by atoms with van der Waals surface area (Å²) in [6, 6.07) is 9.81. The number of aromatic nitrogens is 1. The van der Waals surface area contributed by atoms with Crippen molar-refractivity contribution in [3.05, 3.63) is 75.7 Å². The molecule has 1 atom stereocenters. The first kappa shape index (κ1) is 17.8. The Hall–Kier alpha value is -2.63. The maximum Gasteiger partial charge on any atom is 0.244 e. The van der Waals surface area contributed by atoms with Crippen LogP contribution in [0, 0.1) is 0 Å². The van der Waals surface area contributed by atoms with Gasteiger partial charge in [-0.3, -0.25) is 9.78 Å². The molecule has 3 heterocycles. The van der Waals surface area contributed by atoms with Gasteiger partial charge in [0.25, 0.3) is 0 Å². The van der Waals surface area contributed by atoms with Crippen LogP contribution in [0.4, 0.5) is 0 Å². The number of nitrogens with zero attached hydrogens (tertiary/aromatic N) is 1. The Morgan fingerprint density at radius 3 is 2.93 bits per heavy atom. The molecule has 0 saturated heterocycles. The van der Waals surface area contributed by atoms with E-state index in [0.29, 0.717) is 11.6 Å². The zero-order valence-corrected chi connectivity index (χ0v) is 16.0. The van der Waals surface area contributed by atoms with Gasteiger partial charge in [0, 0.05) is 30.5 Å². The number of nitrogens with one attached hydrogen (secondary N) is 1. The van der Waals surface area contributed by atoms with Gasteiger partial charge in [0.15, 0.2) is 0 Å². The Morgan fingerprint density at radius 2 is 2.15 bits per heavy atom. The van der Waals surface area contributed by atoms with Crippen LogP contribution in [0.5, 0.6) is 5.75 Å². The second kappa shape index (κ2) is 7.94. The summed E-state index contributed by atoms with van der Waals surface area (Å²) in [5.41, 5.74) is 4.25. The zero-order valence-electron chi connectivity index (χ0n) is 14.4. The van der Waals surface area contributed by atoms with Crippen LogP contribution < -0.4 is 10.1 Å². The molecule has 0 spiro atoms. The van der Waals surface area contributed by atoms with E-state index in [9.17, 15) is 4.79 Å². The number of carbonyl (C=O) groups excluding carboxylic acids is 1. The first-order valence-electron chi connectivity index (χ1n) is 8.56. The molecular weight excluding hydrogens is 380 g/mol. The smallest absolute Gasteiger partial charge is 0.244 e. The van der Waals surface area contributed by atoms with Gasteiger partial charge >= 0.3 is 0 Å². The summed E-state index contributed by atoms with van der Waals surface area (Å²) >= 11 is 8.07. The van der Waals surface area contributed by atoms with Gasteiger partial charge in [0.2, 0.25) is 5.91 Å². The Bertz CT molecular complexity index is 971. The first-order valence-corrected chi connectivity index (χ1v) is 9.89. The molecule has 3 aromatic rings. The topological polar surface area (TPSA) is 51.2 Å². The lowest BCUT2D eigenvalue weighted by molar-refractivity contribution is -0.116. The second-order valence-corrected chi connectivity index (χ2v) is 7.45. The van der Waals surface area contributed by atoms with Gasteiger partial charge in [-0.2, -0.15) is 11.3 Å². The number of ether oxygens (including phenoxy) is 1. The lowest BCUT2D eigenvalue weighted by Crippen LogP contribution is -2.33. The van der Waals surface area contributed by atoms with E-state index in [1.54, 1.807) is 29.8 Å². The van der Waals surface area contributed by atoms with Crippen molar-refractivity contribution in [2.24, 2.45) is 0 Å². The maximum atomic E-state index is 12.0. The van der Waals surface area contributed by atoms with Crippen LogP contribution in [0.3, 0.4) is 0 Å². The van der Waals surface area contributed by atoms with Gasteiger partial charge < -0.3 is 10.1 Å². The van der Waals surface area contributed by atoms with Crippen LogP contribution >= 0.6 is 22.9 Å². The molecule has 4 nitrogen and oxygen atoms in total. The second-order valence-electron chi connectivity index (χ2n) is 6.26. The monoisotopic (exact) mass is 396 g/mol. The van der Waals surface area contributed by atoms with E-state index in [2.05, 4.69) is 27.8 Å². The van der Waals surface area contributed by atoms with Crippen molar-refractivity contribution in [3.8, 4) is 16.9 Å². The number of halogens is 1. The summed E-state index contributed by atoms with van der Waals surface area (Å²) in [4.78, 5) is 16.0. The standard InChI is InChI=1S/C21H17ClN2O2S/c22-19-11-16(15-5-8-27-13-15)9-17-10-18(26-21(17)19)12-24-20(25)2-1-14-3-6-23-7-4-14/h1-9,11,13,18H,10,12H2,(H,24,25)/b2-1+. The normalized spacial score (nSPS) is 15.5. The van der Waals surface area contributed by atoms with E-state index >= 15 is 0 Å². The fourth-order valence-electron chi connectivity index (χ4n) is 3.02. The summed E-state index contributed by atoms with van der Waals surface area (Å²) in [5, 5.41) is 7.64. The molecule has 1 N–H and O–H groups in total. The summed E-state index contributed by atoms with van der Waals surface area (Å²) in [6.07, 6.45) is 7.25. The van der Waals surface area contributed by atoms with E-state index < -0.39 is 0 Å². The molecule has 136 valence electrons. The SMILES string of the molecule is O=C(/C=C/c1ccncc1)NCC1Cc2cc(-c3ccsc3)cc(Cl)c2O1. The molecule has 0 radical (unpaired) electrons. The fourth-order valence-corrected chi connectivity index (χ4v) is 3.97. The van der Waals surface area contributed by atoms with Crippen molar-refractivity contribution in [1.29, 1.82) is 0 Å². The molecule has 6 heteroatoms. The molecule has 27 heavy (non-hydrogen) atoms. The zero-order chi connectivity index (χ0) is 18.6. The lowest BCUT2D eigenvalue weighted by Gasteiger charge is -2.11. The van der Waals surface area contributed by atoms with E-state index in [-0.39, 0.29) is 12.0 Å². The van der Waals surface area contributed by atoms with Gasteiger partial charge in [0.1, 0.15) is 11.9 Å². The number of rotatable bonds is 5. The van der Waals surface area contributed by atoms with Crippen molar-refractivity contribution in [1.82, 2.24) is 10.3 Å². The molecule has 4 rings (SSSR count). The number of amides is 1. The van der Waals surface area contributed by atoms with Crippen molar-refractivity contribution in [2.45, 2.75) is 12.5 Å². The van der Waals surface area contributed by atoms with Gasteiger partial charge in [-0.15, -0.1) is 0 Å². The van der Waals surface area contributed by atoms with Gasteiger partial charge in [-0.05, 0) is 63.9 Å². The van der Waals surface area contributed by atoms with Crippen molar-refractivity contribution >= 4 is 34.9 Å². The highest BCUT2D eigenvalue weighted by molar-refractivity contribution is 7.08. The number of carbonyl (C=O) groups is 1. The van der Waals surface area contributed by atoms with Crippen LogP contribution in [0.1, 0.15) is 11.1 Å². The summed E-state index contributed by atoms with van der Waals surface area (Å²) in [7, 11) is 0. The largest absolute Gasteiger partial charge is 0.486 e. The van der Waals surface area contributed by atoms with Crippen LogP contribution in [-0.4, -0.2) is 23.5 Å². The molecule has 2 aromatic heterocycles. The molecule has 0 bridgehead atoms. The van der Waals surface area contributed by atoms with Crippen LogP contribution in [-0.2, 0) is 11.2 Å². The van der Waals surface area contributed by atoms with Crippen molar-refractivity contribution in [2.75, 3.05) is 6.54 Å². The molecule has 1 aliphatic rings. The molecule has 1 aromatic carbocycles. The van der Waals surface area contributed by atoms with Crippen LogP contribution in [0.2, 0.25) is 5.02 Å². The molecule has 1 unspecified atom stereocenters. The summed E-state index contributed by atoms with van der Waals surface area (Å²) < 4.78 is 5.95. The quantitative estimate of drug-likeness (QED) is 0.641. The Balaban J connectivity index is 1.37. The maximum absolute atomic E-state index is 12.0. The average Bonchev–Trinajstić information content (AvgIpc) is 3.35. The number of hydrogen-bond acceptors (Lipinski definition) is 4. The predicted molar refractivity (Wildman–Crippen MR) is 109 cm³/mol. The Kier molecular flexibility index (Phi) is 5.23. The van der Waals surface area contributed by atoms with E-state index in [1.165, 1.54) is 6.08 Å². The number of benzene rings is 1. The third kappa shape index (κ3) is 4.21. The minimum absolute atomic E-state index is 0.117. The molecule has 1 amide bonds. The average molecular weight is 397 g/mol. The third-order valence-corrected chi connectivity index (χ3v) is 5.31. The molecule has 1 aliphatic heterocycles. The van der Waals surface area contributed by atoms with Gasteiger partial charge in [-0.25, -0.2) is 0 Å².